The van der Waals surface area contributed by atoms with E-state index in [9.17, 15) is 9.59 Å². The van der Waals surface area contributed by atoms with E-state index in [0.717, 1.165) is 0 Å². The lowest BCUT2D eigenvalue weighted by molar-refractivity contribution is -0.121. The lowest BCUT2D eigenvalue weighted by Crippen LogP contribution is -2.36. The van der Waals surface area contributed by atoms with Crippen molar-refractivity contribution < 1.29 is 19.1 Å². The number of amides is 2. The Kier molecular flexibility index (Phi) is 3.91. The second-order valence-electron chi connectivity index (χ2n) is 6.76. The maximum absolute atomic E-state index is 11.8. The van der Waals surface area contributed by atoms with Gasteiger partial charge in [-0.1, -0.05) is 18.5 Å². The Balaban J connectivity index is 1.67. The van der Waals surface area contributed by atoms with Crippen LogP contribution in [0.4, 0.5) is 0 Å². The molecule has 1 aliphatic carbocycles. The van der Waals surface area contributed by atoms with Crippen molar-refractivity contribution in [2.45, 2.75) is 13.0 Å². The standard InChI is InChI=1S/C18H18ClN3O4/c1-7-14-12(22-18(24)15(7)14)6-26-16-8-4-13(25-2)9(17(20)23)3-11(8)21-5-10(16)19/h3-5,7,12,14-15H,6H2,1-2H3,(H2,20,23)(H,22,24)/t7-,12+,14+,15+/m0/s1. The minimum absolute atomic E-state index is 0.0337. The molecule has 2 fully saturated rings. The number of nitrogens with two attached hydrogens (primary N) is 1. The van der Waals surface area contributed by atoms with Crippen LogP contribution < -0.4 is 20.5 Å². The topological polar surface area (TPSA) is 104 Å². The highest BCUT2D eigenvalue weighted by Gasteiger charge is 2.61. The molecular formula is C18H18ClN3O4. The van der Waals surface area contributed by atoms with E-state index in [4.69, 9.17) is 26.8 Å². The maximum atomic E-state index is 11.8. The number of primary amides is 1. The van der Waals surface area contributed by atoms with Crippen LogP contribution in [0.2, 0.25) is 5.02 Å². The van der Waals surface area contributed by atoms with E-state index in [1.54, 1.807) is 12.1 Å². The predicted octanol–water partition coefficient (Wildman–Crippen LogP) is 1.75. The van der Waals surface area contributed by atoms with Gasteiger partial charge in [0.15, 0.2) is 0 Å². The van der Waals surface area contributed by atoms with E-state index in [-0.39, 0.29) is 23.4 Å². The van der Waals surface area contributed by atoms with Gasteiger partial charge in [-0.3, -0.25) is 14.6 Å². The summed E-state index contributed by atoms with van der Waals surface area (Å²) in [5, 5.41) is 3.92. The molecule has 1 saturated carbocycles. The fourth-order valence-corrected chi connectivity index (χ4v) is 4.11. The molecule has 1 aromatic heterocycles. The molecule has 2 amide bonds. The number of hydrogen-bond acceptors (Lipinski definition) is 5. The van der Waals surface area contributed by atoms with Crippen molar-refractivity contribution in [1.82, 2.24) is 10.3 Å². The summed E-state index contributed by atoms with van der Waals surface area (Å²) in [5.41, 5.74) is 6.15. The molecule has 4 atom stereocenters. The van der Waals surface area contributed by atoms with Gasteiger partial charge in [0.25, 0.3) is 5.91 Å². The van der Waals surface area contributed by atoms with Gasteiger partial charge < -0.3 is 20.5 Å². The van der Waals surface area contributed by atoms with Gasteiger partial charge in [0.05, 0.1) is 24.2 Å². The van der Waals surface area contributed by atoms with Gasteiger partial charge in [-0.2, -0.15) is 0 Å². The number of ether oxygens (including phenoxy) is 2. The van der Waals surface area contributed by atoms with Gasteiger partial charge in [0.1, 0.15) is 23.1 Å². The number of aromatic nitrogens is 1. The van der Waals surface area contributed by atoms with Crippen LogP contribution in [0.3, 0.4) is 0 Å². The highest BCUT2D eigenvalue weighted by Crippen LogP contribution is 2.52. The number of carbonyl (C=O) groups excluding carboxylic acids is 2. The van der Waals surface area contributed by atoms with Gasteiger partial charge in [-0.05, 0) is 24.0 Å². The smallest absolute Gasteiger partial charge is 0.252 e. The maximum Gasteiger partial charge on any atom is 0.252 e. The molecule has 4 rings (SSSR count). The van der Waals surface area contributed by atoms with Crippen LogP contribution in [0.1, 0.15) is 17.3 Å². The third-order valence-corrected chi connectivity index (χ3v) is 5.58. The number of nitrogens with zero attached hydrogens (tertiary/aromatic N) is 1. The highest BCUT2D eigenvalue weighted by molar-refractivity contribution is 6.33. The second-order valence-corrected chi connectivity index (χ2v) is 7.16. The van der Waals surface area contributed by atoms with Crippen LogP contribution in [0.25, 0.3) is 10.9 Å². The first-order valence-corrected chi connectivity index (χ1v) is 8.69. The number of hydrogen-bond donors (Lipinski definition) is 2. The molecule has 0 bridgehead atoms. The number of methoxy groups -OCH3 is 1. The van der Waals surface area contributed by atoms with Crippen LogP contribution in [0.5, 0.6) is 11.5 Å². The Bertz CT molecular complexity index is 932. The molecule has 8 heteroatoms. The summed E-state index contributed by atoms with van der Waals surface area (Å²) in [6, 6.07) is 3.16. The second kappa shape index (κ2) is 6.02. The molecule has 0 unspecified atom stereocenters. The van der Waals surface area contributed by atoms with Gasteiger partial charge in [-0.25, -0.2) is 0 Å². The third-order valence-electron chi connectivity index (χ3n) is 5.31. The molecule has 2 heterocycles. The number of halogens is 1. The molecular weight excluding hydrogens is 358 g/mol. The zero-order valence-corrected chi connectivity index (χ0v) is 15.0. The number of piperidine rings is 1. The lowest BCUT2D eigenvalue weighted by atomic mass is 10.1. The molecule has 1 saturated heterocycles. The average molecular weight is 376 g/mol. The Morgan fingerprint density at radius 2 is 2.19 bits per heavy atom. The fourth-order valence-electron chi connectivity index (χ4n) is 3.90. The summed E-state index contributed by atoms with van der Waals surface area (Å²) < 4.78 is 11.2. The molecule has 2 aromatic rings. The quantitative estimate of drug-likeness (QED) is 0.828. The van der Waals surface area contributed by atoms with E-state index in [0.29, 0.717) is 45.9 Å². The molecule has 0 spiro atoms. The minimum atomic E-state index is -0.606. The number of fused-ring (bicyclic) bond motifs is 2. The van der Waals surface area contributed by atoms with E-state index in [1.807, 2.05) is 0 Å². The zero-order valence-electron chi connectivity index (χ0n) is 14.3. The Morgan fingerprint density at radius 1 is 1.42 bits per heavy atom. The van der Waals surface area contributed by atoms with Crippen molar-refractivity contribution in [3.8, 4) is 11.5 Å². The highest BCUT2D eigenvalue weighted by atomic mass is 35.5. The van der Waals surface area contributed by atoms with Crippen LogP contribution in [-0.4, -0.2) is 36.6 Å². The summed E-state index contributed by atoms with van der Waals surface area (Å²) in [6.45, 7) is 2.39. The normalized spacial score (nSPS) is 26.3. The van der Waals surface area contributed by atoms with Crippen LogP contribution >= 0.6 is 11.6 Å². The van der Waals surface area contributed by atoms with Crippen molar-refractivity contribution in [3.63, 3.8) is 0 Å². The molecule has 2 aliphatic rings. The number of carbonyl (C=O) groups is 2. The average Bonchev–Trinajstić information content (AvgIpc) is 3.16. The number of benzene rings is 1. The van der Waals surface area contributed by atoms with Gasteiger partial charge in [0.2, 0.25) is 5.91 Å². The van der Waals surface area contributed by atoms with Crippen LogP contribution in [0, 0.1) is 17.8 Å². The lowest BCUT2D eigenvalue weighted by Gasteiger charge is -2.18. The molecule has 136 valence electrons. The van der Waals surface area contributed by atoms with Crippen molar-refractivity contribution in [2.75, 3.05) is 13.7 Å². The molecule has 1 aliphatic heterocycles. The summed E-state index contributed by atoms with van der Waals surface area (Å²) in [4.78, 5) is 27.7. The Labute approximate surface area is 154 Å². The summed E-state index contributed by atoms with van der Waals surface area (Å²) in [5.74, 6) is 1.05. The zero-order chi connectivity index (χ0) is 18.6. The van der Waals surface area contributed by atoms with Gasteiger partial charge in [0, 0.05) is 17.5 Å². The Hall–Kier alpha value is -2.54. The first kappa shape index (κ1) is 16.9. The largest absolute Gasteiger partial charge is 0.496 e. The van der Waals surface area contributed by atoms with Crippen molar-refractivity contribution in [2.24, 2.45) is 23.5 Å². The van der Waals surface area contributed by atoms with Crippen molar-refractivity contribution >= 4 is 34.3 Å². The van der Waals surface area contributed by atoms with E-state index in [1.165, 1.54) is 13.3 Å². The SMILES string of the molecule is COc1cc2c(OC[C@H]3NC(=O)[C@@H]4[C@@H](C)[C@@H]43)c(Cl)cnc2cc1C(N)=O. The number of rotatable bonds is 5. The first-order chi connectivity index (χ1) is 12.4. The third kappa shape index (κ3) is 2.54. The molecule has 3 N–H and O–H groups in total. The van der Waals surface area contributed by atoms with E-state index in [2.05, 4.69) is 17.2 Å². The fraction of sp³-hybridized carbons (Fsp3) is 0.389. The molecule has 1 aromatic carbocycles. The van der Waals surface area contributed by atoms with Crippen molar-refractivity contribution in [3.05, 3.63) is 28.9 Å². The van der Waals surface area contributed by atoms with Crippen molar-refractivity contribution in [1.29, 1.82) is 0 Å². The summed E-state index contributed by atoms with van der Waals surface area (Å²) >= 11 is 6.28. The monoisotopic (exact) mass is 375 g/mol. The van der Waals surface area contributed by atoms with Gasteiger partial charge in [-0.15, -0.1) is 0 Å². The van der Waals surface area contributed by atoms with Gasteiger partial charge >= 0.3 is 0 Å². The number of pyridine rings is 1. The minimum Gasteiger partial charge on any atom is -0.496 e. The summed E-state index contributed by atoms with van der Waals surface area (Å²) in [7, 11) is 1.45. The van der Waals surface area contributed by atoms with E-state index < -0.39 is 5.91 Å². The Morgan fingerprint density at radius 3 is 2.81 bits per heavy atom. The molecule has 7 nitrogen and oxygen atoms in total. The molecule has 26 heavy (non-hydrogen) atoms. The summed E-state index contributed by atoms with van der Waals surface area (Å²) in [6.07, 6.45) is 1.46. The number of nitrogens with one attached hydrogen (secondary N) is 1. The first-order valence-electron chi connectivity index (χ1n) is 8.31. The molecule has 0 radical (unpaired) electrons. The van der Waals surface area contributed by atoms with Crippen LogP contribution in [-0.2, 0) is 4.79 Å². The van der Waals surface area contributed by atoms with E-state index >= 15 is 0 Å². The van der Waals surface area contributed by atoms with Crippen LogP contribution in [0.15, 0.2) is 18.3 Å². The predicted molar refractivity (Wildman–Crippen MR) is 95.4 cm³/mol.